The van der Waals surface area contributed by atoms with Crippen LogP contribution in [0.1, 0.15) is 35.4 Å². The SMILES string of the molecule is COc1ccc([C@@H]2Cc3c(cccc3C(F)(F)F)N([C@@H]3CCCN3)C(=O)[C@@H]2O)cc1. The summed E-state index contributed by atoms with van der Waals surface area (Å²) in [5, 5.41) is 14.1. The van der Waals surface area contributed by atoms with Gasteiger partial charge in [0, 0.05) is 11.6 Å². The normalized spacial score (nSPS) is 24.5. The molecule has 0 saturated carbocycles. The lowest BCUT2D eigenvalue weighted by Gasteiger charge is -2.31. The van der Waals surface area contributed by atoms with Gasteiger partial charge in [0.05, 0.1) is 18.8 Å². The van der Waals surface area contributed by atoms with Gasteiger partial charge in [0.1, 0.15) is 11.9 Å². The second kappa shape index (κ2) is 7.92. The molecule has 2 aromatic carbocycles. The van der Waals surface area contributed by atoms with Gasteiger partial charge in [0.25, 0.3) is 5.91 Å². The third kappa shape index (κ3) is 3.65. The van der Waals surface area contributed by atoms with Crippen molar-refractivity contribution in [3.63, 3.8) is 0 Å². The molecule has 1 fully saturated rings. The summed E-state index contributed by atoms with van der Waals surface area (Å²) < 4.78 is 46.7. The average molecular weight is 420 g/mol. The molecule has 160 valence electrons. The number of halogens is 3. The summed E-state index contributed by atoms with van der Waals surface area (Å²) in [6.07, 6.45) is -5.16. The van der Waals surface area contributed by atoms with E-state index in [0.29, 0.717) is 24.3 Å². The molecule has 0 bridgehead atoms. The number of nitrogens with zero attached hydrogens (tertiary/aromatic N) is 1. The number of hydrogen-bond donors (Lipinski definition) is 2. The van der Waals surface area contributed by atoms with Crippen LogP contribution in [0.25, 0.3) is 0 Å². The van der Waals surface area contributed by atoms with Crippen molar-refractivity contribution in [2.45, 2.75) is 43.6 Å². The molecule has 5 nitrogen and oxygen atoms in total. The molecule has 8 heteroatoms. The minimum Gasteiger partial charge on any atom is -0.497 e. The number of carbonyl (C=O) groups excluding carboxylic acids is 1. The van der Waals surface area contributed by atoms with Crippen molar-refractivity contribution in [1.29, 1.82) is 0 Å². The third-order valence-electron chi connectivity index (χ3n) is 5.90. The van der Waals surface area contributed by atoms with E-state index < -0.39 is 35.8 Å². The highest BCUT2D eigenvalue weighted by Crippen LogP contribution is 2.43. The summed E-state index contributed by atoms with van der Waals surface area (Å²) in [6, 6.07) is 10.6. The minimum atomic E-state index is -4.57. The van der Waals surface area contributed by atoms with Crippen molar-refractivity contribution in [2.24, 2.45) is 0 Å². The number of hydrogen-bond acceptors (Lipinski definition) is 4. The van der Waals surface area contributed by atoms with Crippen LogP contribution < -0.4 is 15.0 Å². The van der Waals surface area contributed by atoms with E-state index in [2.05, 4.69) is 5.32 Å². The number of nitrogens with one attached hydrogen (secondary N) is 1. The average Bonchev–Trinajstić information content (AvgIpc) is 3.22. The Balaban J connectivity index is 1.86. The third-order valence-corrected chi connectivity index (χ3v) is 5.90. The van der Waals surface area contributed by atoms with E-state index in [9.17, 15) is 23.1 Å². The van der Waals surface area contributed by atoms with Crippen molar-refractivity contribution in [2.75, 3.05) is 18.6 Å². The van der Waals surface area contributed by atoms with Crippen LogP contribution in [0, 0.1) is 0 Å². The summed E-state index contributed by atoms with van der Waals surface area (Å²) in [4.78, 5) is 14.6. The molecule has 3 atom stereocenters. The van der Waals surface area contributed by atoms with E-state index in [1.165, 1.54) is 24.1 Å². The predicted molar refractivity (Wildman–Crippen MR) is 105 cm³/mol. The van der Waals surface area contributed by atoms with Gasteiger partial charge >= 0.3 is 6.18 Å². The number of rotatable bonds is 3. The first-order valence-corrected chi connectivity index (χ1v) is 9.89. The molecule has 2 aliphatic rings. The Labute approximate surface area is 172 Å². The standard InChI is InChI=1S/C22H23F3N2O3/c1-30-14-9-7-13(8-10-14)15-12-16-17(22(23,24)25)4-2-5-18(16)27(21(29)20(15)28)19-6-3-11-26-19/h2,4-5,7-10,15,19-20,26,28H,3,6,11-12H2,1H3/t15-,19+,20+/m0/s1. The molecule has 2 heterocycles. The van der Waals surface area contributed by atoms with E-state index in [1.807, 2.05) is 0 Å². The van der Waals surface area contributed by atoms with Crippen molar-refractivity contribution in [3.05, 3.63) is 59.2 Å². The number of amides is 1. The second-order valence-electron chi connectivity index (χ2n) is 7.65. The maximum Gasteiger partial charge on any atom is 0.416 e. The molecule has 0 aliphatic carbocycles. The van der Waals surface area contributed by atoms with Crippen LogP contribution in [0.5, 0.6) is 5.75 Å². The molecule has 1 saturated heterocycles. The van der Waals surface area contributed by atoms with Crippen molar-refractivity contribution in [3.8, 4) is 5.75 Å². The molecule has 2 aromatic rings. The van der Waals surface area contributed by atoms with E-state index in [-0.39, 0.29) is 17.7 Å². The first-order valence-electron chi connectivity index (χ1n) is 9.89. The molecular formula is C22H23F3N2O3. The monoisotopic (exact) mass is 420 g/mol. The molecule has 2 aliphatic heterocycles. The smallest absolute Gasteiger partial charge is 0.416 e. The lowest BCUT2D eigenvalue weighted by atomic mass is 9.86. The Kier molecular flexibility index (Phi) is 5.46. The van der Waals surface area contributed by atoms with Crippen LogP contribution in [0.4, 0.5) is 18.9 Å². The van der Waals surface area contributed by atoms with Crippen molar-refractivity contribution < 1.29 is 27.8 Å². The highest BCUT2D eigenvalue weighted by molar-refractivity contribution is 5.99. The van der Waals surface area contributed by atoms with Crippen LogP contribution in [-0.2, 0) is 17.4 Å². The maximum atomic E-state index is 13.8. The lowest BCUT2D eigenvalue weighted by Crippen LogP contribution is -2.50. The van der Waals surface area contributed by atoms with Crippen molar-refractivity contribution >= 4 is 11.6 Å². The summed E-state index contributed by atoms with van der Waals surface area (Å²) in [5.74, 6) is -0.813. The molecule has 4 rings (SSSR count). The lowest BCUT2D eigenvalue weighted by molar-refractivity contribution is -0.138. The van der Waals surface area contributed by atoms with E-state index >= 15 is 0 Å². The quantitative estimate of drug-likeness (QED) is 0.799. The zero-order chi connectivity index (χ0) is 21.5. The summed E-state index contributed by atoms with van der Waals surface area (Å²) in [7, 11) is 1.51. The van der Waals surface area contributed by atoms with Crippen LogP contribution in [0.3, 0.4) is 0 Å². The zero-order valence-corrected chi connectivity index (χ0v) is 16.4. The number of methoxy groups -OCH3 is 1. The fourth-order valence-electron chi connectivity index (χ4n) is 4.40. The van der Waals surface area contributed by atoms with Crippen molar-refractivity contribution in [1.82, 2.24) is 5.32 Å². The second-order valence-corrected chi connectivity index (χ2v) is 7.65. The summed E-state index contributed by atoms with van der Waals surface area (Å²) in [6.45, 7) is 0.667. The van der Waals surface area contributed by atoms with Gasteiger partial charge in [-0.15, -0.1) is 0 Å². The molecule has 0 radical (unpaired) electrons. The number of fused-ring (bicyclic) bond motifs is 1. The zero-order valence-electron chi connectivity index (χ0n) is 16.4. The Morgan fingerprint density at radius 3 is 2.50 bits per heavy atom. The van der Waals surface area contributed by atoms with Gasteiger partial charge in [-0.2, -0.15) is 13.2 Å². The Bertz CT molecular complexity index is 924. The summed E-state index contributed by atoms with van der Waals surface area (Å²) >= 11 is 0. The van der Waals surface area contributed by atoms with E-state index in [1.54, 1.807) is 24.3 Å². The van der Waals surface area contributed by atoms with Gasteiger partial charge in [-0.1, -0.05) is 18.2 Å². The van der Waals surface area contributed by atoms with Gasteiger partial charge in [-0.05, 0) is 61.2 Å². The van der Waals surface area contributed by atoms with E-state index in [4.69, 9.17) is 4.74 Å². The van der Waals surface area contributed by atoms with Gasteiger partial charge < -0.3 is 9.84 Å². The first-order chi connectivity index (χ1) is 14.3. The Morgan fingerprint density at radius 1 is 1.17 bits per heavy atom. The minimum absolute atomic E-state index is 0.0319. The van der Waals surface area contributed by atoms with E-state index in [0.717, 1.165) is 12.5 Å². The highest BCUT2D eigenvalue weighted by Gasteiger charge is 2.44. The van der Waals surface area contributed by atoms with Gasteiger partial charge in [-0.3, -0.25) is 15.0 Å². The Morgan fingerprint density at radius 2 is 1.90 bits per heavy atom. The molecule has 0 unspecified atom stereocenters. The number of carbonyl (C=O) groups is 1. The fourth-order valence-corrected chi connectivity index (χ4v) is 4.40. The first kappa shape index (κ1) is 20.7. The number of ether oxygens (including phenoxy) is 1. The topological polar surface area (TPSA) is 61.8 Å². The molecule has 0 spiro atoms. The van der Waals surface area contributed by atoms with Crippen LogP contribution in [0.2, 0.25) is 0 Å². The number of anilines is 1. The predicted octanol–water partition coefficient (Wildman–Crippen LogP) is 3.46. The molecule has 30 heavy (non-hydrogen) atoms. The molecule has 0 aromatic heterocycles. The van der Waals surface area contributed by atoms with Gasteiger partial charge in [-0.25, -0.2) is 0 Å². The number of aliphatic hydroxyl groups excluding tert-OH is 1. The largest absolute Gasteiger partial charge is 0.497 e. The molecule has 1 amide bonds. The van der Waals surface area contributed by atoms with Crippen LogP contribution in [-0.4, -0.2) is 36.9 Å². The fraction of sp³-hybridized carbons (Fsp3) is 0.409. The highest BCUT2D eigenvalue weighted by atomic mass is 19.4. The van der Waals surface area contributed by atoms with Gasteiger partial charge in [0.2, 0.25) is 0 Å². The number of aliphatic hydroxyl groups is 1. The summed E-state index contributed by atoms with van der Waals surface area (Å²) in [5.41, 5.74) is 0.0536. The maximum absolute atomic E-state index is 13.8. The molecular weight excluding hydrogens is 397 g/mol. The van der Waals surface area contributed by atoms with Crippen LogP contribution in [0.15, 0.2) is 42.5 Å². The van der Waals surface area contributed by atoms with Gasteiger partial charge in [0.15, 0.2) is 0 Å². The Hall–Kier alpha value is -2.58. The number of benzene rings is 2. The molecule has 2 N–H and O–H groups in total. The number of alkyl halides is 3. The van der Waals surface area contributed by atoms with Crippen LogP contribution >= 0.6 is 0 Å².